The summed E-state index contributed by atoms with van der Waals surface area (Å²) in [5.41, 5.74) is 11.6. The van der Waals surface area contributed by atoms with E-state index in [1.165, 1.54) is 11.9 Å². The second kappa shape index (κ2) is 11.5. The summed E-state index contributed by atoms with van der Waals surface area (Å²) in [5, 5.41) is 6.24. The fourth-order valence-electron chi connectivity index (χ4n) is 3.46. The Kier molecular flexibility index (Phi) is 9.05. The predicted octanol–water partition coefficient (Wildman–Crippen LogP) is -1.33. The van der Waals surface area contributed by atoms with Gasteiger partial charge in [0.2, 0.25) is 5.91 Å². The third kappa shape index (κ3) is 6.30. The van der Waals surface area contributed by atoms with Gasteiger partial charge in [-0.25, -0.2) is 0 Å². The van der Waals surface area contributed by atoms with Gasteiger partial charge in [-0.05, 0) is 37.6 Å². The SMILES string of the molecule is CNC(=O)C1C(=O)NC(CCCN=C(N)N)C(=O)N1CCc1ccc(PC)c(OC)c1. The van der Waals surface area contributed by atoms with Crippen LogP contribution in [-0.4, -0.2) is 74.6 Å². The molecular formula is C20H31N6O4P. The molecule has 10 nitrogen and oxygen atoms in total. The van der Waals surface area contributed by atoms with Crippen LogP contribution >= 0.6 is 8.58 Å². The van der Waals surface area contributed by atoms with Crippen molar-refractivity contribution in [2.75, 3.05) is 33.9 Å². The van der Waals surface area contributed by atoms with Crippen LogP contribution in [0.3, 0.4) is 0 Å². The van der Waals surface area contributed by atoms with Crippen molar-refractivity contribution in [3.8, 4) is 5.75 Å². The molecule has 0 radical (unpaired) electrons. The molecule has 170 valence electrons. The predicted molar refractivity (Wildman–Crippen MR) is 122 cm³/mol. The summed E-state index contributed by atoms with van der Waals surface area (Å²) < 4.78 is 5.44. The van der Waals surface area contributed by atoms with Crippen LogP contribution in [0.1, 0.15) is 18.4 Å². The van der Waals surface area contributed by atoms with Gasteiger partial charge >= 0.3 is 0 Å². The van der Waals surface area contributed by atoms with Crippen molar-refractivity contribution in [2.24, 2.45) is 16.5 Å². The molecule has 0 spiro atoms. The first-order chi connectivity index (χ1) is 14.8. The number of amides is 3. The first-order valence-corrected chi connectivity index (χ1v) is 11.5. The van der Waals surface area contributed by atoms with E-state index < -0.39 is 23.9 Å². The summed E-state index contributed by atoms with van der Waals surface area (Å²) in [6, 6.07) is 3.98. The van der Waals surface area contributed by atoms with Crippen molar-refractivity contribution in [1.82, 2.24) is 15.5 Å². The van der Waals surface area contributed by atoms with Crippen molar-refractivity contribution in [3.05, 3.63) is 23.8 Å². The average molecular weight is 450 g/mol. The third-order valence-corrected chi connectivity index (χ3v) is 6.03. The minimum atomic E-state index is -1.20. The highest BCUT2D eigenvalue weighted by Crippen LogP contribution is 2.20. The molecule has 1 aromatic carbocycles. The standard InChI is InChI=1S/C20H31N6O4P/c1-23-17(27)16-18(28)25-13(5-4-9-24-20(21)22)19(29)26(16)10-8-12-6-7-15(31-3)14(11-12)30-2/h6-7,11,13,16,31H,4-5,8-10H2,1-3H3,(H,23,27)(H,25,28)(H4,21,22,24). The Hall–Kier alpha value is -2.87. The number of piperazine rings is 1. The van der Waals surface area contributed by atoms with Gasteiger partial charge < -0.3 is 31.7 Å². The summed E-state index contributed by atoms with van der Waals surface area (Å²) in [6.45, 7) is 2.65. The molecule has 6 N–H and O–H groups in total. The first kappa shape index (κ1) is 24.4. The number of ether oxygens (including phenoxy) is 1. The van der Waals surface area contributed by atoms with Gasteiger partial charge in [0.15, 0.2) is 12.0 Å². The lowest BCUT2D eigenvalue weighted by Crippen LogP contribution is -2.67. The van der Waals surface area contributed by atoms with Crippen molar-refractivity contribution in [3.63, 3.8) is 0 Å². The molecule has 1 aliphatic heterocycles. The Balaban J connectivity index is 2.16. The number of carbonyl (C=O) groups excluding carboxylic acids is 3. The smallest absolute Gasteiger partial charge is 0.253 e. The highest BCUT2D eigenvalue weighted by Gasteiger charge is 2.43. The first-order valence-electron chi connectivity index (χ1n) is 10.0. The molecule has 0 bridgehead atoms. The van der Waals surface area contributed by atoms with Crippen molar-refractivity contribution in [1.29, 1.82) is 0 Å². The lowest BCUT2D eigenvalue weighted by molar-refractivity contribution is -0.154. The quantitative estimate of drug-likeness (QED) is 0.114. The van der Waals surface area contributed by atoms with E-state index in [-0.39, 0.29) is 18.4 Å². The number of nitrogens with one attached hydrogen (secondary N) is 2. The number of nitrogens with zero attached hydrogens (tertiary/aromatic N) is 2. The monoisotopic (exact) mass is 450 g/mol. The maximum Gasteiger partial charge on any atom is 0.253 e. The van der Waals surface area contributed by atoms with Crippen molar-refractivity contribution in [2.45, 2.75) is 31.3 Å². The van der Waals surface area contributed by atoms with E-state index in [0.717, 1.165) is 16.6 Å². The molecule has 0 aromatic heterocycles. The van der Waals surface area contributed by atoms with Crippen LogP contribution in [0, 0.1) is 0 Å². The molecule has 1 saturated heterocycles. The Morgan fingerprint density at radius 1 is 1.35 bits per heavy atom. The van der Waals surface area contributed by atoms with Gasteiger partial charge in [0, 0.05) is 25.4 Å². The number of methoxy groups -OCH3 is 1. The summed E-state index contributed by atoms with van der Waals surface area (Å²) in [5.74, 6) is -0.542. The Labute approximate surface area is 183 Å². The minimum absolute atomic E-state index is 0.0228. The Morgan fingerprint density at radius 2 is 2.10 bits per heavy atom. The number of hydrogen-bond acceptors (Lipinski definition) is 5. The number of hydrogen-bond donors (Lipinski definition) is 4. The molecule has 3 atom stereocenters. The fourth-order valence-corrected chi connectivity index (χ4v) is 4.14. The Bertz CT molecular complexity index is 843. The highest BCUT2D eigenvalue weighted by atomic mass is 31.1. The van der Waals surface area contributed by atoms with E-state index in [4.69, 9.17) is 16.2 Å². The molecule has 0 aliphatic carbocycles. The van der Waals surface area contributed by atoms with Crippen LogP contribution < -0.4 is 32.1 Å². The fraction of sp³-hybridized carbons (Fsp3) is 0.500. The lowest BCUT2D eigenvalue weighted by Gasteiger charge is -2.38. The number of benzene rings is 1. The topological polar surface area (TPSA) is 152 Å². The molecule has 1 heterocycles. The van der Waals surface area contributed by atoms with E-state index in [1.54, 1.807) is 7.11 Å². The molecule has 3 unspecified atom stereocenters. The van der Waals surface area contributed by atoms with Gasteiger partial charge in [-0.3, -0.25) is 19.4 Å². The van der Waals surface area contributed by atoms with Gasteiger partial charge in [0.1, 0.15) is 11.8 Å². The minimum Gasteiger partial charge on any atom is -0.496 e. The van der Waals surface area contributed by atoms with E-state index in [0.29, 0.717) is 34.4 Å². The average Bonchev–Trinajstić information content (AvgIpc) is 2.76. The molecule has 11 heteroatoms. The molecule has 0 saturated carbocycles. The summed E-state index contributed by atoms with van der Waals surface area (Å²) >= 11 is 0. The van der Waals surface area contributed by atoms with Crippen molar-refractivity contribution < 1.29 is 19.1 Å². The number of likely N-dealkylation sites (N-methyl/N-ethyl adjacent to an activating group) is 1. The van der Waals surface area contributed by atoms with E-state index in [9.17, 15) is 14.4 Å². The van der Waals surface area contributed by atoms with Crippen LogP contribution in [-0.2, 0) is 20.8 Å². The Morgan fingerprint density at radius 3 is 2.71 bits per heavy atom. The number of rotatable bonds is 10. The molecular weight excluding hydrogens is 419 g/mol. The molecule has 1 aliphatic rings. The second-order valence-electron chi connectivity index (χ2n) is 7.09. The van der Waals surface area contributed by atoms with Crippen molar-refractivity contribution >= 4 is 37.6 Å². The van der Waals surface area contributed by atoms with E-state index in [1.807, 2.05) is 18.2 Å². The van der Waals surface area contributed by atoms with Gasteiger partial charge in [0.25, 0.3) is 11.8 Å². The molecule has 1 aromatic rings. The summed E-state index contributed by atoms with van der Waals surface area (Å²) in [7, 11) is 3.66. The zero-order valence-electron chi connectivity index (χ0n) is 18.1. The van der Waals surface area contributed by atoms with E-state index in [2.05, 4.69) is 22.3 Å². The molecule has 3 amide bonds. The van der Waals surface area contributed by atoms with Gasteiger partial charge in [-0.1, -0.05) is 20.7 Å². The maximum absolute atomic E-state index is 13.1. The third-order valence-electron chi connectivity index (χ3n) is 5.07. The largest absolute Gasteiger partial charge is 0.496 e. The van der Waals surface area contributed by atoms with E-state index >= 15 is 0 Å². The number of nitrogens with two attached hydrogens (primary N) is 2. The highest BCUT2D eigenvalue weighted by molar-refractivity contribution is 7.46. The zero-order chi connectivity index (χ0) is 23.0. The van der Waals surface area contributed by atoms with Crippen LogP contribution in [0.4, 0.5) is 0 Å². The zero-order valence-corrected chi connectivity index (χ0v) is 19.1. The van der Waals surface area contributed by atoms with Gasteiger partial charge in [-0.15, -0.1) is 0 Å². The molecule has 1 fully saturated rings. The number of aliphatic imine (C=N–C) groups is 1. The number of guanidine groups is 1. The van der Waals surface area contributed by atoms with Gasteiger partial charge in [0.05, 0.1) is 7.11 Å². The second-order valence-corrected chi connectivity index (χ2v) is 8.13. The van der Waals surface area contributed by atoms with Crippen LogP contribution in [0.15, 0.2) is 23.2 Å². The summed E-state index contributed by atoms with van der Waals surface area (Å²) in [4.78, 5) is 43.3. The normalized spacial score (nSPS) is 18.7. The maximum atomic E-state index is 13.1. The molecule has 31 heavy (non-hydrogen) atoms. The number of carbonyl (C=O) groups is 3. The molecule has 2 rings (SSSR count). The lowest BCUT2D eigenvalue weighted by atomic mass is 10.0. The van der Waals surface area contributed by atoms with Crippen LogP contribution in [0.5, 0.6) is 5.75 Å². The van der Waals surface area contributed by atoms with Crippen LogP contribution in [0.25, 0.3) is 0 Å². The summed E-state index contributed by atoms with van der Waals surface area (Å²) in [6.07, 6.45) is 1.37. The van der Waals surface area contributed by atoms with Crippen LogP contribution in [0.2, 0.25) is 0 Å². The van der Waals surface area contributed by atoms with Gasteiger partial charge in [-0.2, -0.15) is 0 Å².